The third-order valence-electron chi connectivity index (χ3n) is 3.82. The van der Waals surface area contributed by atoms with E-state index in [2.05, 4.69) is 10.0 Å². The molecular formula is C19H23ClN2O5S. The van der Waals surface area contributed by atoms with E-state index in [1.54, 1.807) is 31.2 Å². The number of carbonyl (C=O) groups excluding carboxylic acids is 1. The van der Waals surface area contributed by atoms with Crippen molar-refractivity contribution in [2.45, 2.75) is 24.3 Å². The lowest BCUT2D eigenvalue weighted by molar-refractivity contribution is -0.122. The molecule has 0 aliphatic rings. The van der Waals surface area contributed by atoms with E-state index >= 15 is 0 Å². The van der Waals surface area contributed by atoms with E-state index in [0.29, 0.717) is 12.4 Å². The summed E-state index contributed by atoms with van der Waals surface area (Å²) in [6, 6.07) is 12.1. The number of halogens is 1. The molecule has 0 fully saturated rings. The van der Waals surface area contributed by atoms with E-state index in [4.69, 9.17) is 21.4 Å². The molecule has 3 N–H and O–H groups in total. The van der Waals surface area contributed by atoms with Crippen LogP contribution in [0.3, 0.4) is 0 Å². The molecule has 0 aliphatic heterocycles. The molecule has 0 aliphatic carbocycles. The van der Waals surface area contributed by atoms with E-state index in [1.807, 2.05) is 6.07 Å². The van der Waals surface area contributed by atoms with Gasteiger partial charge in [-0.05, 0) is 37.1 Å². The van der Waals surface area contributed by atoms with Crippen LogP contribution in [0.2, 0.25) is 5.02 Å². The number of hydrogen-bond acceptors (Lipinski definition) is 5. The lowest BCUT2D eigenvalue weighted by Gasteiger charge is -2.19. The molecule has 0 saturated carbocycles. The summed E-state index contributed by atoms with van der Waals surface area (Å²) in [5, 5.41) is 11.6. The molecule has 28 heavy (non-hydrogen) atoms. The van der Waals surface area contributed by atoms with Crippen molar-refractivity contribution in [3.8, 4) is 5.75 Å². The number of aliphatic hydroxyl groups is 1. The largest absolute Gasteiger partial charge is 0.492 e. The standard InChI is InChI=1S/C19H23ClN2O5S/c1-2-27-18-9-8-15(13-16(18)20)28(25,26)22-17(19(24)21-10-11-23)12-14-6-4-3-5-7-14/h3-9,13,17,22-23H,2,10-12H2,1H3,(H,21,24). The molecular weight excluding hydrogens is 404 g/mol. The molecule has 152 valence electrons. The van der Waals surface area contributed by atoms with Crippen LogP contribution in [0.15, 0.2) is 53.4 Å². The Morgan fingerprint density at radius 1 is 1.21 bits per heavy atom. The van der Waals surface area contributed by atoms with Gasteiger partial charge in [-0.1, -0.05) is 41.9 Å². The molecule has 2 aromatic carbocycles. The fourth-order valence-electron chi connectivity index (χ4n) is 2.52. The third kappa shape index (κ3) is 6.20. The lowest BCUT2D eigenvalue weighted by atomic mass is 10.1. The van der Waals surface area contributed by atoms with Crippen molar-refractivity contribution in [1.82, 2.24) is 10.0 Å². The molecule has 1 unspecified atom stereocenters. The van der Waals surface area contributed by atoms with Gasteiger partial charge in [-0.15, -0.1) is 0 Å². The number of benzene rings is 2. The van der Waals surface area contributed by atoms with Crippen molar-refractivity contribution in [2.75, 3.05) is 19.8 Å². The van der Waals surface area contributed by atoms with Gasteiger partial charge in [0.1, 0.15) is 11.8 Å². The van der Waals surface area contributed by atoms with Crippen molar-refractivity contribution in [1.29, 1.82) is 0 Å². The van der Waals surface area contributed by atoms with E-state index in [-0.39, 0.29) is 29.5 Å². The predicted molar refractivity (Wildman–Crippen MR) is 107 cm³/mol. The average molecular weight is 427 g/mol. The molecule has 0 bridgehead atoms. The van der Waals surface area contributed by atoms with Crippen LogP contribution in [0.1, 0.15) is 12.5 Å². The molecule has 0 spiro atoms. The highest BCUT2D eigenvalue weighted by Gasteiger charge is 2.26. The second-order valence-electron chi connectivity index (χ2n) is 5.90. The van der Waals surface area contributed by atoms with Gasteiger partial charge in [0.25, 0.3) is 0 Å². The van der Waals surface area contributed by atoms with E-state index in [1.165, 1.54) is 18.2 Å². The van der Waals surface area contributed by atoms with Gasteiger partial charge in [-0.3, -0.25) is 4.79 Å². The summed E-state index contributed by atoms with van der Waals surface area (Å²) in [5.41, 5.74) is 0.791. The zero-order chi connectivity index (χ0) is 20.6. The minimum absolute atomic E-state index is 0.0285. The van der Waals surface area contributed by atoms with Crippen LogP contribution < -0.4 is 14.8 Å². The number of amides is 1. The average Bonchev–Trinajstić information content (AvgIpc) is 2.68. The van der Waals surface area contributed by atoms with Gasteiger partial charge in [0.05, 0.1) is 23.1 Å². The van der Waals surface area contributed by atoms with Gasteiger partial charge in [-0.2, -0.15) is 4.72 Å². The summed E-state index contributed by atoms with van der Waals surface area (Å²) in [6.07, 6.45) is 0.155. The van der Waals surface area contributed by atoms with Crippen LogP contribution in [-0.4, -0.2) is 45.2 Å². The summed E-state index contributed by atoms with van der Waals surface area (Å²) < 4.78 is 33.3. The van der Waals surface area contributed by atoms with Crippen LogP contribution in [0, 0.1) is 0 Å². The monoisotopic (exact) mass is 426 g/mol. The van der Waals surface area contributed by atoms with Gasteiger partial charge >= 0.3 is 0 Å². The molecule has 1 amide bonds. The summed E-state index contributed by atoms with van der Waals surface area (Å²) in [6.45, 7) is 1.97. The summed E-state index contributed by atoms with van der Waals surface area (Å²) in [4.78, 5) is 12.4. The molecule has 2 aromatic rings. The Balaban J connectivity index is 2.25. The van der Waals surface area contributed by atoms with Crippen LogP contribution in [-0.2, 0) is 21.2 Å². The number of sulfonamides is 1. The first-order chi connectivity index (χ1) is 13.4. The quantitative estimate of drug-likeness (QED) is 0.536. The number of carbonyl (C=O) groups is 1. The van der Waals surface area contributed by atoms with Gasteiger partial charge in [0, 0.05) is 6.54 Å². The second kappa shape index (κ2) is 10.4. The molecule has 1 atom stereocenters. The van der Waals surface area contributed by atoms with Gasteiger partial charge in [0.15, 0.2) is 0 Å². The Labute approximate surface area is 169 Å². The van der Waals surface area contributed by atoms with Gasteiger partial charge < -0.3 is 15.2 Å². The predicted octanol–water partition coefficient (Wildman–Crippen LogP) is 1.74. The maximum atomic E-state index is 12.8. The Kier molecular flexibility index (Phi) is 8.25. The highest BCUT2D eigenvalue weighted by atomic mass is 35.5. The minimum Gasteiger partial charge on any atom is -0.492 e. The van der Waals surface area contributed by atoms with E-state index in [9.17, 15) is 13.2 Å². The van der Waals surface area contributed by atoms with Crippen molar-refractivity contribution in [3.05, 3.63) is 59.1 Å². The summed E-state index contributed by atoms with van der Waals surface area (Å²) in [7, 11) is -4.02. The lowest BCUT2D eigenvalue weighted by Crippen LogP contribution is -2.48. The van der Waals surface area contributed by atoms with Crippen molar-refractivity contribution >= 4 is 27.5 Å². The van der Waals surface area contributed by atoms with Crippen LogP contribution in [0.25, 0.3) is 0 Å². The van der Waals surface area contributed by atoms with E-state index in [0.717, 1.165) is 5.56 Å². The first-order valence-corrected chi connectivity index (χ1v) is 10.6. The fraction of sp³-hybridized carbons (Fsp3) is 0.316. The maximum Gasteiger partial charge on any atom is 0.241 e. The van der Waals surface area contributed by atoms with Crippen LogP contribution >= 0.6 is 11.6 Å². The van der Waals surface area contributed by atoms with Gasteiger partial charge in [0.2, 0.25) is 15.9 Å². The summed E-state index contributed by atoms with van der Waals surface area (Å²) in [5.74, 6) is -0.150. The van der Waals surface area contributed by atoms with Crippen LogP contribution in [0.4, 0.5) is 0 Å². The Morgan fingerprint density at radius 2 is 1.93 bits per heavy atom. The number of aliphatic hydroxyl groups excluding tert-OH is 1. The number of ether oxygens (including phenoxy) is 1. The molecule has 0 radical (unpaired) electrons. The summed E-state index contributed by atoms with van der Waals surface area (Å²) >= 11 is 6.09. The number of hydrogen-bond donors (Lipinski definition) is 3. The molecule has 7 nitrogen and oxygen atoms in total. The first-order valence-electron chi connectivity index (χ1n) is 8.74. The molecule has 0 saturated heterocycles. The van der Waals surface area contributed by atoms with Crippen molar-refractivity contribution in [3.63, 3.8) is 0 Å². The number of nitrogens with one attached hydrogen (secondary N) is 2. The Hall–Kier alpha value is -2.13. The molecule has 9 heteroatoms. The van der Waals surface area contributed by atoms with Crippen LogP contribution in [0.5, 0.6) is 5.75 Å². The third-order valence-corrected chi connectivity index (χ3v) is 5.59. The van der Waals surface area contributed by atoms with Crippen molar-refractivity contribution in [2.24, 2.45) is 0 Å². The minimum atomic E-state index is -4.02. The number of rotatable bonds is 10. The van der Waals surface area contributed by atoms with Crippen molar-refractivity contribution < 1.29 is 23.1 Å². The molecule has 0 heterocycles. The first kappa shape index (κ1) is 22.2. The highest BCUT2D eigenvalue weighted by molar-refractivity contribution is 7.89. The normalized spacial score (nSPS) is 12.4. The Bertz CT molecular complexity index is 890. The topological polar surface area (TPSA) is 105 Å². The van der Waals surface area contributed by atoms with E-state index < -0.39 is 22.0 Å². The fourth-order valence-corrected chi connectivity index (χ4v) is 4.04. The second-order valence-corrected chi connectivity index (χ2v) is 8.02. The maximum absolute atomic E-state index is 12.8. The molecule has 2 rings (SSSR count). The SMILES string of the molecule is CCOc1ccc(S(=O)(=O)NC(Cc2ccccc2)C(=O)NCCO)cc1Cl. The Morgan fingerprint density at radius 3 is 2.54 bits per heavy atom. The molecule has 0 aromatic heterocycles. The zero-order valence-electron chi connectivity index (χ0n) is 15.4. The smallest absolute Gasteiger partial charge is 0.241 e. The zero-order valence-corrected chi connectivity index (χ0v) is 17.0. The highest BCUT2D eigenvalue weighted by Crippen LogP contribution is 2.27. The van der Waals surface area contributed by atoms with Gasteiger partial charge in [-0.25, -0.2) is 8.42 Å².